The molecule has 3 rings (SSSR count). The van der Waals surface area contributed by atoms with Gasteiger partial charge in [-0.2, -0.15) is 0 Å². The molecule has 9 nitrogen and oxygen atoms in total. The third-order valence-corrected chi connectivity index (χ3v) is 4.91. The third kappa shape index (κ3) is 5.69. The zero-order chi connectivity index (χ0) is 21.5. The second-order valence-electron chi connectivity index (χ2n) is 7.23. The number of nitrogens with one attached hydrogen (secondary N) is 3. The minimum atomic E-state index is -0.975. The van der Waals surface area contributed by atoms with Gasteiger partial charge in [0.2, 0.25) is 5.91 Å². The Morgan fingerprint density at radius 1 is 1.17 bits per heavy atom. The molecule has 0 fully saturated rings. The highest BCUT2D eigenvalue weighted by Crippen LogP contribution is 2.25. The van der Waals surface area contributed by atoms with Gasteiger partial charge < -0.3 is 15.3 Å². The highest BCUT2D eigenvalue weighted by Gasteiger charge is 2.31. The van der Waals surface area contributed by atoms with Gasteiger partial charge in [-0.05, 0) is 42.2 Å². The number of rotatable bonds is 6. The number of pyridine rings is 1. The summed E-state index contributed by atoms with van der Waals surface area (Å²) in [4.78, 5) is 41.5. The van der Waals surface area contributed by atoms with Crippen molar-refractivity contribution in [2.45, 2.75) is 38.8 Å². The van der Waals surface area contributed by atoms with Gasteiger partial charge in [-0.3, -0.25) is 15.0 Å². The second kappa shape index (κ2) is 9.73. The standard InChI is InChI=1S/C21H25N5O4/c1-14-6-8-22-18(10-14)23-9-7-19(27)24-25-21(30)26-13-16-5-3-2-4-15(16)11-17(26)12-20(28)29/h2-6,8,10,17H,7,9,11-13H2,1H3,(H,22,23)(H,24,27)(H,25,30)(H,28,29). The lowest BCUT2D eigenvalue weighted by molar-refractivity contribution is -0.138. The molecule has 0 saturated heterocycles. The van der Waals surface area contributed by atoms with Gasteiger partial charge in [0, 0.05) is 31.7 Å². The van der Waals surface area contributed by atoms with E-state index < -0.39 is 18.0 Å². The van der Waals surface area contributed by atoms with Crippen LogP contribution < -0.4 is 16.2 Å². The van der Waals surface area contributed by atoms with Crippen LogP contribution in [0.1, 0.15) is 29.5 Å². The van der Waals surface area contributed by atoms with E-state index >= 15 is 0 Å². The summed E-state index contributed by atoms with van der Waals surface area (Å²) in [5.74, 6) is -0.664. The lowest BCUT2D eigenvalue weighted by atomic mass is 9.92. The molecule has 0 spiro atoms. The minimum absolute atomic E-state index is 0.136. The maximum atomic E-state index is 12.6. The maximum absolute atomic E-state index is 12.6. The molecule has 0 saturated carbocycles. The van der Waals surface area contributed by atoms with E-state index in [9.17, 15) is 19.5 Å². The number of hydrazine groups is 1. The summed E-state index contributed by atoms with van der Waals surface area (Å²) in [6.45, 7) is 2.60. The summed E-state index contributed by atoms with van der Waals surface area (Å²) in [5, 5.41) is 12.2. The predicted molar refractivity (Wildman–Crippen MR) is 110 cm³/mol. The summed E-state index contributed by atoms with van der Waals surface area (Å²) >= 11 is 0. The van der Waals surface area contributed by atoms with Crippen LogP contribution in [-0.2, 0) is 22.6 Å². The smallest absolute Gasteiger partial charge is 0.336 e. The molecule has 4 N–H and O–H groups in total. The fourth-order valence-corrected chi connectivity index (χ4v) is 3.40. The average molecular weight is 411 g/mol. The van der Waals surface area contributed by atoms with Crippen molar-refractivity contribution in [1.29, 1.82) is 0 Å². The number of nitrogens with zero attached hydrogens (tertiary/aromatic N) is 2. The van der Waals surface area contributed by atoms with Crippen molar-refractivity contribution in [3.8, 4) is 0 Å². The van der Waals surface area contributed by atoms with Gasteiger partial charge in [-0.25, -0.2) is 15.2 Å². The topological polar surface area (TPSA) is 124 Å². The molecule has 2 heterocycles. The van der Waals surface area contributed by atoms with Crippen LogP contribution in [0.4, 0.5) is 10.6 Å². The van der Waals surface area contributed by atoms with E-state index in [2.05, 4.69) is 21.2 Å². The van der Waals surface area contributed by atoms with E-state index in [1.54, 1.807) is 6.20 Å². The summed E-state index contributed by atoms with van der Waals surface area (Å²) in [7, 11) is 0. The van der Waals surface area contributed by atoms with E-state index in [4.69, 9.17) is 0 Å². The molecule has 1 aliphatic rings. The lowest BCUT2D eigenvalue weighted by Gasteiger charge is -2.36. The van der Waals surface area contributed by atoms with Crippen LogP contribution in [0, 0.1) is 6.92 Å². The van der Waals surface area contributed by atoms with Gasteiger partial charge in [0.05, 0.1) is 6.42 Å². The molecule has 1 atom stereocenters. The maximum Gasteiger partial charge on any atom is 0.336 e. The molecule has 158 valence electrons. The minimum Gasteiger partial charge on any atom is -0.481 e. The Kier molecular flexibility index (Phi) is 6.84. The number of fused-ring (bicyclic) bond motifs is 1. The molecule has 9 heteroatoms. The van der Waals surface area contributed by atoms with Gasteiger partial charge in [-0.15, -0.1) is 0 Å². The van der Waals surface area contributed by atoms with Gasteiger partial charge >= 0.3 is 12.0 Å². The van der Waals surface area contributed by atoms with Crippen molar-refractivity contribution in [2.24, 2.45) is 0 Å². The van der Waals surface area contributed by atoms with Crippen LogP contribution >= 0.6 is 0 Å². The zero-order valence-electron chi connectivity index (χ0n) is 16.7. The monoisotopic (exact) mass is 411 g/mol. The molecule has 1 aliphatic heterocycles. The van der Waals surface area contributed by atoms with E-state index in [1.165, 1.54) is 4.90 Å². The summed E-state index contributed by atoms with van der Waals surface area (Å²) in [5.41, 5.74) is 7.84. The molecule has 3 amide bonds. The number of aliphatic carboxylic acids is 1. The van der Waals surface area contributed by atoms with Crippen LogP contribution in [0.3, 0.4) is 0 Å². The number of carbonyl (C=O) groups excluding carboxylic acids is 2. The Bertz CT molecular complexity index is 933. The van der Waals surface area contributed by atoms with Gasteiger partial charge in [0.1, 0.15) is 5.82 Å². The Morgan fingerprint density at radius 3 is 2.67 bits per heavy atom. The molecule has 0 bridgehead atoms. The number of carboxylic acid groups (broad SMARTS) is 1. The van der Waals surface area contributed by atoms with Crippen molar-refractivity contribution < 1.29 is 19.5 Å². The highest BCUT2D eigenvalue weighted by molar-refractivity contribution is 5.82. The van der Waals surface area contributed by atoms with Crippen LogP contribution in [-0.4, -0.2) is 45.5 Å². The number of benzene rings is 1. The molecular formula is C21H25N5O4. The molecule has 30 heavy (non-hydrogen) atoms. The number of carboxylic acids is 1. The van der Waals surface area contributed by atoms with Gasteiger partial charge in [-0.1, -0.05) is 24.3 Å². The Morgan fingerprint density at radius 2 is 1.93 bits per heavy atom. The number of aromatic nitrogens is 1. The average Bonchev–Trinajstić information content (AvgIpc) is 2.71. The fraction of sp³-hybridized carbons (Fsp3) is 0.333. The molecular weight excluding hydrogens is 386 g/mol. The Balaban J connectivity index is 1.51. The molecule has 1 aromatic carbocycles. The molecule has 1 unspecified atom stereocenters. The number of amides is 3. The van der Waals surface area contributed by atoms with Crippen LogP contribution in [0.2, 0.25) is 0 Å². The first-order chi connectivity index (χ1) is 14.4. The number of carbonyl (C=O) groups is 3. The molecule has 0 aliphatic carbocycles. The van der Waals surface area contributed by atoms with Crippen molar-refractivity contribution in [3.05, 3.63) is 59.3 Å². The van der Waals surface area contributed by atoms with Crippen molar-refractivity contribution in [1.82, 2.24) is 20.7 Å². The normalized spacial score (nSPS) is 15.1. The fourth-order valence-electron chi connectivity index (χ4n) is 3.40. The Labute approximate surface area is 174 Å². The number of aryl methyl sites for hydroxylation is 1. The summed E-state index contributed by atoms with van der Waals surface area (Å²) in [6.07, 6.45) is 2.11. The molecule has 1 aromatic heterocycles. The number of urea groups is 1. The predicted octanol–water partition coefficient (Wildman–Crippen LogP) is 1.83. The summed E-state index contributed by atoms with van der Waals surface area (Å²) < 4.78 is 0. The van der Waals surface area contributed by atoms with E-state index in [1.807, 2.05) is 43.3 Å². The lowest BCUT2D eigenvalue weighted by Crippen LogP contribution is -2.54. The SMILES string of the molecule is Cc1ccnc(NCCC(=O)NNC(=O)N2Cc3ccccc3CC2CC(=O)O)c1. The first kappa shape index (κ1) is 21.1. The highest BCUT2D eigenvalue weighted by atomic mass is 16.4. The largest absolute Gasteiger partial charge is 0.481 e. The van der Waals surface area contributed by atoms with Crippen LogP contribution in [0.5, 0.6) is 0 Å². The van der Waals surface area contributed by atoms with Gasteiger partial charge in [0.25, 0.3) is 0 Å². The van der Waals surface area contributed by atoms with E-state index in [0.717, 1.165) is 16.7 Å². The van der Waals surface area contributed by atoms with Crippen LogP contribution in [0.25, 0.3) is 0 Å². The third-order valence-electron chi connectivity index (χ3n) is 4.91. The zero-order valence-corrected chi connectivity index (χ0v) is 16.7. The first-order valence-corrected chi connectivity index (χ1v) is 9.73. The van der Waals surface area contributed by atoms with E-state index in [-0.39, 0.29) is 25.3 Å². The molecule has 0 radical (unpaired) electrons. The second-order valence-corrected chi connectivity index (χ2v) is 7.23. The van der Waals surface area contributed by atoms with E-state index in [0.29, 0.717) is 18.8 Å². The number of anilines is 1. The van der Waals surface area contributed by atoms with Crippen LogP contribution in [0.15, 0.2) is 42.6 Å². The van der Waals surface area contributed by atoms with Crippen molar-refractivity contribution in [2.75, 3.05) is 11.9 Å². The van der Waals surface area contributed by atoms with Crippen molar-refractivity contribution >= 4 is 23.7 Å². The first-order valence-electron chi connectivity index (χ1n) is 9.73. The number of hydrogen-bond acceptors (Lipinski definition) is 5. The quantitative estimate of drug-likeness (QED) is 0.538. The number of hydrogen-bond donors (Lipinski definition) is 4. The Hall–Kier alpha value is -3.62. The summed E-state index contributed by atoms with van der Waals surface area (Å²) in [6, 6.07) is 10.4. The van der Waals surface area contributed by atoms with Gasteiger partial charge in [0.15, 0.2) is 0 Å². The molecule has 2 aromatic rings. The van der Waals surface area contributed by atoms with Crippen molar-refractivity contribution in [3.63, 3.8) is 0 Å².